The van der Waals surface area contributed by atoms with Gasteiger partial charge in [0.05, 0.1) is 7.11 Å². The molecular weight excluding hydrogens is 340 g/mol. The number of benzene rings is 2. The lowest BCUT2D eigenvalue weighted by atomic mass is 9.88. The highest BCUT2D eigenvalue weighted by Crippen LogP contribution is 2.37. The Labute approximate surface area is 158 Å². The van der Waals surface area contributed by atoms with Gasteiger partial charge >= 0.3 is 0 Å². The van der Waals surface area contributed by atoms with E-state index in [2.05, 4.69) is 20.8 Å². The molecule has 0 aliphatic heterocycles. The minimum atomic E-state index is -1.99. The van der Waals surface area contributed by atoms with E-state index in [9.17, 15) is 4.79 Å². The van der Waals surface area contributed by atoms with Gasteiger partial charge in [0, 0.05) is 5.56 Å². The number of methoxy groups -OCH3 is 1. The van der Waals surface area contributed by atoms with Crippen LogP contribution in [0.5, 0.6) is 5.75 Å². The van der Waals surface area contributed by atoms with Crippen molar-refractivity contribution in [1.82, 2.24) is 0 Å². The van der Waals surface area contributed by atoms with Crippen LogP contribution >= 0.6 is 0 Å². The first-order chi connectivity index (χ1) is 12.4. The second-order valence-electron chi connectivity index (χ2n) is 6.80. The van der Waals surface area contributed by atoms with E-state index in [1.54, 1.807) is 7.11 Å². The number of ether oxygens (including phenoxy) is 1. The fraction of sp³-hybridized carbons (Fsp3) is 0.409. The van der Waals surface area contributed by atoms with Crippen LogP contribution in [0.15, 0.2) is 54.6 Å². The predicted octanol–water partition coefficient (Wildman–Crippen LogP) is 5.82. The average molecular weight is 371 g/mol. The van der Waals surface area contributed by atoms with E-state index in [0.717, 1.165) is 29.4 Å². The molecule has 26 heavy (non-hydrogen) atoms. The molecule has 0 N–H and O–H groups in total. The topological polar surface area (TPSA) is 35.5 Å². The maximum absolute atomic E-state index is 13.5. The van der Waals surface area contributed by atoms with Crippen molar-refractivity contribution in [2.24, 2.45) is 0 Å². The monoisotopic (exact) mass is 370 g/mol. The van der Waals surface area contributed by atoms with Crippen molar-refractivity contribution in [1.29, 1.82) is 0 Å². The minimum absolute atomic E-state index is 0.00132. The summed E-state index contributed by atoms with van der Waals surface area (Å²) in [5.74, 6) is 0.738. The van der Waals surface area contributed by atoms with Gasteiger partial charge in [-0.1, -0.05) is 51.1 Å². The summed E-state index contributed by atoms with van der Waals surface area (Å²) < 4.78 is 12.0. The first-order valence-electron chi connectivity index (χ1n) is 9.39. The lowest BCUT2D eigenvalue weighted by Gasteiger charge is -2.40. The summed E-state index contributed by atoms with van der Waals surface area (Å²) in [6.07, 6.45) is 0. The van der Waals surface area contributed by atoms with E-state index >= 15 is 0 Å². The molecule has 0 saturated carbocycles. The summed E-state index contributed by atoms with van der Waals surface area (Å²) in [5, 5.41) is 0. The van der Waals surface area contributed by atoms with Crippen LogP contribution in [0.1, 0.15) is 43.6 Å². The second-order valence-corrected chi connectivity index (χ2v) is 11.5. The number of carbonyl (C=O) groups is 1. The number of hydrogen-bond acceptors (Lipinski definition) is 3. The quantitative estimate of drug-likeness (QED) is 0.412. The molecular formula is C22H30O3Si. The van der Waals surface area contributed by atoms with E-state index in [4.69, 9.17) is 9.16 Å². The highest BCUT2D eigenvalue weighted by Gasteiger charge is 2.44. The summed E-state index contributed by atoms with van der Waals surface area (Å²) >= 11 is 0. The fourth-order valence-electron chi connectivity index (χ4n) is 3.41. The van der Waals surface area contributed by atoms with E-state index in [0.29, 0.717) is 5.56 Å². The Balaban J connectivity index is 2.51. The molecule has 0 aliphatic rings. The maximum Gasteiger partial charge on any atom is 0.197 e. The third-order valence-electron chi connectivity index (χ3n) is 5.46. The molecule has 2 aromatic carbocycles. The molecule has 0 bridgehead atoms. The number of Topliss-reactive ketones (excluding diaryl/α,β-unsaturated/α-hetero) is 1. The molecule has 2 rings (SSSR count). The highest BCUT2D eigenvalue weighted by molar-refractivity contribution is 6.73. The van der Waals surface area contributed by atoms with Crippen LogP contribution in [0.2, 0.25) is 18.1 Å². The van der Waals surface area contributed by atoms with Crippen molar-refractivity contribution in [3.05, 3.63) is 65.7 Å². The summed E-state index contributed by atoms with van der Waals surface area (Å²) in [5.41, 5.74) is 0.570. The van der Waals surface area contributed by atoms with Crippen molar-refractivity contribution in [3.63, 3.8) is 0 Å². The van der Waals surface area contributed by atoms with Crippen molar-refractivity contribution in [3.8, 4) is 5.75 Å². The van der Waals surface area contributed by atoms with Crippen LogP contribution in [-0.2, 0) is 10.0 Å². The van der Waals surface area contributed by atoms with E-state index in [1.165, 1.54) is 0 Å². The van der Waals surface area contributed by atoms with Gasteiger partial charge < -0.3 is 9.16 Å². The Morgan fingerprint density at radius 3 is 1.92 bits per heavy atom. The van der Waals surface area contributed by atoms with Gasteiger partial charge in [0.15, 0.2) is 14.1 Å². The zero-order valence-electron chi connectivity index (χ0n) is 16.5. The first-order valence-corrected chi connectivity index (χ1v) is 11.9. The molecule has 4 heteroatoms. The summed E-state index contributed by atoms with van der Waals surface area (Å²) in [4.78, 5) is 13.5. The molecule has 0 amide bonds. The molecule has 1 atom stereocenters. The van der Waals surface area contributed by atoms with Crippen LogP contribution < -0.4 is 4.74 Å². The van der Waals surface area contributed by atoms with E-state index in [-0.39, 0.29) is 5.78 Å². The van der Waals surface area contributed by atoms with Crippen LogP contribution in [0.25, 0.3) is 0 Å². The lowest BCUT2D eigenvalue weighted by molar-refractivity contribution is 0.0459. The van der Waals surface area contributed by atoms with Gasteiger partial charge in [0.1, 0.15) is 11.4 Å². The zero-order valence-corrected chi connectivity index (χ0v) is 17.5. The predicted molar refractivity (Wildman–Crippen MR) is 109 cm³/mol. The minimum Gasteiger partial charge on any atom is -0.497 e. The fourth-order valence-corrected chi connectivity index (χ4v) is 6.42. The Morgan fingerprint density at radius 2 is 1.46 bits per heavy atom. The largest absolute Gasteiger partial charge is 0.497 e. The first kappa shape index (κ1) is 20.4. The Bertz CT molecular complexity index is 700. The van der Waals surface area contributed by atoms with Gasteiger partial charge in [0.2, 0.25) is 0 Å². The summed E-state index contributed by atoms with van der Waals surface area (Å²) in [6.45, 7) is 8.48. The van der Waals surface area contributed by atoms with Crippen LogP contribution in [0.4, 0.5) is 0 Å². The van der Waals surface area contributed by atoms with Gasteiger partial charge in [-0.15, -0.1) is 0 Å². The molecule has 0 radical (unpaired) electrons. The smallest absolute Gasteiger partial charge is 0.197 e. The van der Waals surface area contributed by atoms with Gasteiger partial charge in [-0.3, -0.25) is 4.79 Å². The van der Waals surface area contributed by atoms with Crippen molar-refractivity contribution >= 4 is 14.1 Å². The van der Waals surface area contributed by atoms with Crippen molar-refractivity contribution in [2.45, 2.75) is 51.4 Å². The Morgan fingerprint density at radius 1 is 0.923 bits per heavy atom. The molecule has 3 nitrogen and oxygen atoms in total. The normalized spacial score (nSPS) is 13.9. The lowest BCUT2D eigenvalue weighted by Crippen LogP contribution is -2.48. The van der Waals surface area contributed by atoms with Gasteiger partial charge in [-0.2, -0.15) is 0 Å². The average Bonchev–Trinajstić information content (AvgIpc) is 2.72. The molecule has 0 aliphatic carbocycles. The van der Waals surface area contributed by atoms with Gasteiger partial charge in [-0.25, -0.2) is 0 Å². The third kappa shape index (κ3) is 4.08. The zero-order chi connectivity index (χ0) is 19.2. The number of rotatable bonds is 9. The Hall–Kier alpha value is -1.91. The number of hydrogen-bond donors (Lipinski definition) is 0. The van der Waals surface area contributed by atoms with Crippen molar-refractivity contribution in [2.75, 3.05) is 7.11 Å². The summed E-state index contributed by atoms with van der Waals surface area (Å²) in [6, 6.07) is 20.1. The SMILES string of the molecule is CC[Si](CC)(CC)OC(C)(C(=O)c1ccc(OC)cc1)c1ccccc1. The molecule has 2 aromatic rings. The molecule has 140 valence electrons. The van der Waals surface area contributed by atoms with Crippen LogP contribution in [-0.4, -0.2) is 21.2 Å². The van der Waals surface area contributed by atoms with E-state index < -0.39 is 13.9 Å². The van der Waals surface area contributed by atoms with Crippen molar-refractivity contribution < 1.29 is 14.0 Å². The molecule has 0 saturated heterocycles. The molecule has 0 aromatic heterocycles. The molecule has 1 unspecified atom stereocenters. The third-order valence-corrected chi connectivity index (χ3v) is 10.2. The molecule has 0 spiro atoms. The number of ketones is 1. The standard InChI is InChI=1S/C22H30O3Si/c1-6-26(7-2,8-3)25-22(4,19-12-10-9-11-13-19)21(23)18-14-16-20(24-5)17-15-18/h9-17H,6-8H2,1-5H3. The van der Waals surface area contributed by atoms with Crippen LogP contribution in [0.3, 0.4) is 0 Å². The van der Waals surface area contributed by atoms with Gasteiger partial charge in [0.25, 0.3) is 0 Å². The summed E-state index contributed by atoms with van der Waals surface area (Å²) in [7, 11) is -0.372. The number of carbonyl (C=O) groups excluding carboxylic acids is 1. The molecule has 0 fully saturated rings. The van der Waals surface area contributed by atoms with Crippen LogP contribution in [0, 0.1) is 0 Å². The van der Waals surface area contributed by atoms with Gasteiger partial charge in [-0.05, 0) is 54.9 Å². The Kier molecular flexibility index (Phi) is 6.79. The second kappa shape index (κ2) is 8.65. The van der Waals surface area contributed by atoms with E-state index in [1.807, 2.05) is 61.5 Å². The maximum atomic E-state index is 13.5. The highest BCUT2D eigenvalue weighted by atomic mass is 28.4. The molecule has 0 heterocycles.